The number of aliphatic imine (C=N–C) groups is 1. The molecule has 2 aromatic carbocycles. The van der Waals surface area contributed by atoms with Crippen LogP contribution in [-0.2, 0) is 16.0 Å². The Hall–Kier alpha value is -2.73. The minimum atomic E-state index is -4.57. The third-order valence-corrected chi connectivity index (χ3v) is 8.56. The Balaban J connectivity index is 1.74. The van der Waals surface area contributed by atoms with Crippen LogP contribution in [0.25, 0.3) is 0 Å². The number of rotatable bonds is 4. The van der Waals surface area contributed by atoms with Crippen LogP contribution in [-0.4, -0.2) is 56.5 Å². The van der Waals surface area contributed by atoms with Gasteiger partial charge in [-0.2, -0.15) is 18.2 Å². The molecule has 0 aliphatic carbocycles. The van der Waals surface area contributed by atoms with Crippen LogP contribution in [0.5, 0.6) is 11.5 Å². The smallest absolute Gasteiger partial charge is 0.416 e. The molecule has 176 valence electrons. The second-order valence-corrected chi connectivity index (χ2v) is 10.8. The van der Waals surface area contributed by atoms with Crippen molar-refractivity contribution in [2.24, 2.45) is 4.99 Å². The molecule has 0 spiro atoms. The molecule has 2 atom stereocenters. The second kappa shape index (κ2) is 8.56. The standard InChI is InChI=1S/C21H19F3N2O5S2/c1-30-16-7-6-12(8-17(16)31-2)19(27)25-20-26(15-10-33(28,29)11-18(15)32-20)14-5-3-4-13(9-14)21(22,23)24/h3-9,15,18H,10-11H2,1-2H3/t15-,18+/m1/s1. The Bertz CT molecular complexity index is 1230. The fourth-order valence-corrected chi connectivity index (χ4v) is 7.73. The highest BCUT2D eigenvalue weighted by atomic mass is 32.2. The monoisotopic (exact) mass is 500 g/mol. The summed E-state index contributed by atoms with van der Waals surface area (Å²) >= 11 is 1.08. The molecule has 12 heteroatoms. The van der Waals surface area contributed by atoms with Crippen LogP contribution in [0.3, 0.4) is 0 Å². The fraction of sp³-hybridized carbons (Fsp3) is 0.333. The molecule has 2 aliphatic rings. The zero-order valence-electron chi connectivity index (χ0n) is 17.5. The average molecular weight is 501 g/mol. The molecular weight excluding hydrogens is 481 g/mol. The van der Waals surface area contributed by atoms with Gasteiger partial charge in [0.1, 0.15) is 0 Å². The van der Waals surface area contributed by atoms with E-state index in [4.69, 9.17) is 9.47 Å². The second-order valence-electron chi connectivity index (χ2n) is 7.49. The third kappa shape index (κ3) is 4.67. The van der Waals surface area contributed by atoms with Crippen molar-refractivity contribution in [3.63, 3.8) is 0 Å². The molecule has 0 N–H and O–H groups in total. The van der Waals surface area contributed by atoms with E-state index in [1.807, 2.05) is 0 Å². The van der Waals surface area contributed by atoms with Crippen molar-refractivity contribution in [3.8, 4) is 11.5 Å². The number of benzene rings is 2. The number of carbonyl (C=O) groups excluding carboxylic acids is 1. The van der Waals surface area contributed by atoms with Crippen LogP contribution in [0.15, 0.2) is 47.5 Å². The molecule has 2 aromatic rings. The van der Waals surface area contributed by atoms with Gasteiger partial charge in [-0.05, 0) is 36.4 Å². The molecule has 0 saturated carbocycles. The number of nitrogens with zero attached hydrogens (tertiary/aromatic N) is 2. The lowest BCUT2D eigenvalue weighted by atomic mass is 10.1. The van der Waals surface area contributed by atoms with Crippen molar-refractivity contribution in [3.05, 3.63) is 53.6 Å². The Morgan fingerprint density at radius 3 is 2.48 bits per heavy atom. The molecule has 0 radical (unpaired) electrons. The number of hydrogen-bond acceptors (Lipinski definition) is 6. The summed E-state index contributed by atoms with van der Waals surface area (Å²) in [6.45, 7) is 0. The lowest BCUT2D eigenvalue weighted by molar-refractivity contribution is -0.137. The summed E-state index contributed by atoms with van der Waals surface area (Å²) in [5.74, 6) is -0.271. The Morgan fingerprint density at radius 1 is 1.09 bits per heavy atom. The number of amidine groups is 1. The molecule has 2 aliphatic heterocycles. The number of hydrogen-bond donors (Lipinski definition) is 0. The van der Waals surface area contributed by atoms with Crippen molar-refractivity contribution >= 4 is 38.4 Å². The summed E-state index contributed by atoms with van der Waals surface area (Å²) in [4.78, 5) is 18.5. The highest BCUT2D eigenvalue weighted by Gasteiger charge is 2.49. The van der Waals surface area contributed by atoms with Crippen LogP contribution < -0.4 is 14.4 Å². The minimum Gasteiger partial charge on any atom is -0.493 e. The molecular formula is C21H19F3N2O5S2. The lowest BCUT2D eigenvalue weighted by Gasteiger charge is -2.25. The fourth-order valence-electron chi connectivity index (χ4n) is 3.82. The molecule has 0 aromatic heterocycles. The summed E-state index contributed by atoms with van der Waals surface area (Å²) in [6, 6.07) is 8.41. The molecule has 1 amide bonds. The number of halogens is 3. The first kappa shape index (κ1) is 23.4. The summed E-state index contributed by atoms with van der Waals surface area (Å²) in [5, 5.41) is -0.291. The van der Waals surface area contributed by atoms with Crippen molar-refractivity contribution in [1.82, 2.24) is 0 Å². The van der Waals surface area contributed by atoms with E-state index in [1.165, 1.54) is 43.4 Å². The molecule has 0 unspecified atom stereocenters. The summed E-state index contributed by atoms with van der Waals surface area (Å²) in [6.07, 6.45) is -4.57. The van der Waals surface area contributed by atoms with Gasteiger partial charge in [-0.1, -0.05) is 17.8 Å². The Labute approximate surface area is 192 Å². The number of fused-ring (bicyclic) bond motifs is 1. The maximum Gasteiger partial charge on any atom is 0.416 e. The van der Waals surface area contributed by atoms with E-state index < -0.39 is 38.8 Å². The maximum absolute atomic E-state index is 13.3. The Kier molecular flexibility index (Phi) is 6.08. The summed E-state index contributed by atoms with van der Waals surface area (Å²) in [7, 11) is -0.489. The lowest BCUT2D eigenvalue weighted by Crippen LogP contribution is -2.37. The van der Waals surface area contributed by atoms with Crippen LogP contribution in [0, 0.1) is 0 Å². The van der Waals surface area contributed by atoms with E-state index in [0.29, 0.717) is 11.5 Å². The topological polar surface area (TPSA) is 85.3 Å². The largest absolute Gasteiger partial charge is 0.493 e. The van der Waals surface area contributed by atoms with Crippen LogP contribution >= 0.6 is 11.8 Å². The van der Waals surface area contributed by atoms with Crippen LogP contribution in [0.2, 0.25) is 0 Å². The molecule has 2 fully saturated rings. The number of ether oxygens (including phenoxy) is 2. The minimum absolute atomic E-state index is 0.126. The van der Waals surface area contributed by atoms with Gasteiger partial charge in [-0.3, -0.25) is 4.79 Å². The van der Waals surface area contributed by atoms with E-state index in [0.717, 1.165) is 23.9 Å². The van der Waals surface area contributed by atoms with Gasteiger partial charge < -0.3 is 14.4 Å². The van der Waals surface area contributed by atoms with Gasteiger partial charge in [0.05, 0.1) is 37.3 Å². The number of thioether (sulfide) groups is 1. The van der Waals surface area contributed by atoms with E-state index in [2.05, 4.69) is 4.99 Å². The predicted octanol–water partition coefficient (Wildman–Crippen LogP) is 3.64. The van der Waals surface area contributed by atoms with Gasteiger partial charge >= 0.3 is 6.18 Å². The van der Waals surface area contributed by atoms with Gasteiger partial charge in [0.2, 0.25) is 0 Å². The van der Waals surface area contributed by atoms with E-state index in [9.17, 15) is 26.4 Å². The van der Waals surface area contributed by atoms with E-state index in [1.54, 1.807) is 6.07 Å². The highest BCUT2D eigenvalue weighted by molar-refractivity contribution is 8.16. The van der Waals surface area contributed by atoms with Crippen molar-refractivity contribution in [2.45, 2.75) is 17.5 Å². The zero-order chi connectivity index (χ0) is 24.0. The number of anilines is 1. The molecule has 2 heterocycles. The normalized spacial score (nSPS) is 22.9. The van der Waals surface area contributed by atoms with E-state index >= 15 is 0 Å². The van der Waals surface area contributed by atoms with Gasteiger partial charge in [0.15, 0.2) is 26.5 Å². The molecule has 7 nitrogen and oxygen atoms in total. The summed E-state index contributed by atoms with van der Waals surface area (Å²) in [5.41, 5.74) is -0.560. The van der Waals surface area contributed by atoms with E-state index in [-0.39, 0.29) is 27.9 Å². The SMILES string of the molecule is COc1ccc(C(=O)N=C2S[C@H]3CS(=O)(=O)C[C@H]3N2c2cccc(C(F)(F)F)c2)cc1OC. The number of alkyl halides is 3. The van der Waals surface area contributed by atoms with Crippen molar-refractivity contribution < 1.29 is 35.9 Å². The summed E-state index contributed by atoms with van der Waals surface area (Å²) < 4.78 is 74.6. The zero-order valence-corrected chi connectivity index (χ0v) is 19.1. The first-order chi connectivity index (χ1) is 15.5. The van der Waals surface area contributed by atoms with Gasteiger partial charge in [-0.15, -0.1) is 0 Å². The van der Waals surface area contributed by atoms with Crippen molar-refractivity contribution in [1.29, 1.82) is 0 Å². The quantitative estimate of drug-likeness (QED) is 0.634. The van der Waals surface area contributed by atoms with Gasteiger partial charge in [-0.25, -0.2) is 8.42 Å². The first-order valence-corrected chi connectivity index (χ1v) is 12.4. The third-order valence-electron chi connectivity index (χ3n) is 5.35. The number of amides is 1. The average Bonchev–Trinajstić information content (AvgIpc) is 3.23. The van der Waals surface area contributed by atoms with Crippen LogP contribution in [0.1, 0.15) is 15.9 Å². The molecule has 0 bridgehead atoms. The molecule has 2 saturated heterocycles. The molecule has 33 heavy (non-hydrogen) atoms. The van der Waals surface area contributed by atoms with Gasteiger partial charge in [0, 0.05) is 16.5 Å². The number of methoxy groups -OCH3 is 2. The highest BCUT2D eigenvalue weighted by Crippen LogP contribution is 2.42. The number of carbonyl (C=O) groups is 1. The van der Waals surface area contributed by atoms with Crippen LogP contribution in [0.4, 0.5) is 18.9 Å². The van der Waals surface area contributed by atoms with Crippen molar-refractivity contribution in [2.75, 3.05) is 30.6 Å². The predicted molar refractivity (Wildman–Crippen MR) is 119 cm³/mol. The maximum atomic E-state index is 13.3. The Morgan fingerprint density at radius 2 is 1.82 bits per heavy atom. The first-order valence-electron chi connectivity index (χ1n) is 9.71. The number of sulfone groups is 1. The molecule has 4 rings (SSSR count). The van der Waals surface area contributed by atoms with Gasteiger partial charge in [0.25, 0.3) is 5.91 Å².